The first-order valence-electron chi connectivity index (χ1n) is 3.95. The van der Waals surface area contributed by atoms with Crippen molar-refractivity contribution >= 4 is 11.3 Å². The Morgan fingerprint density at radius 3 is 2.54 bits per heavy atom. The predicted molar refractivity (Wildman–Crippen MR) is 52.9 cm³/mol. The van der Waals surface area contributed by atoms with Gasteiger partial charge in [-0.1, -0.05) is 11.7 Å². The van der Waals surface area contributed by atoms with Crippen LogP contribution in [0, 0.1) is 0 Å². The topological polar surface area (TPSA) is 45.5 Å². The summed E-state index contributed by atoms with van der Waals surface area (Å²) in [6.07, 6.45) is 3.39. The van der Waals surface area contributed by atoms with E-state index in [-0.39, 0.29) is 0 Å². The van der Waals surface area contributed by atoms with Crippen molar-refractivity contribution in [3.8, 4) is 0 Å². The molecule has 0 amide bonds. The van der Waals surface area contributed by atoms with E-state index in [2.05, 4.69) is 16.7 Å². The molecule has 3 nitrogen and oxygen atoms in total. The zero-order chi connectivity index (χ0) is 9.84. The van der Waals surface area contributed by atoms with E-state index < -0.39 is 0 Å². The summed E-state index contributed by atoms with van der Waals surface area (Å²) in [5.74, 6) is 0. The molecule has 0 atom stereocenters. The molecular weight excluding hydrogens is 164 g/mol. The summed E-state index contributed by atoms with van der Waals surface area (Å²) in [6, 6.07) is 1.89. The first kappa shape index (κ1) is 9.45. The third-order valence-electron chi connectivity index (χ3n) is 1.80. The largest absolute Gasteiger partial charge is 0.411 e. The number of nitrogens with zero attached hydrogens (tertiary/aromatic N) is 2. The molecule has 1 heterocycles. The molecular formula is C10H12N2O. The number of aromatic nitrogens is 1. The van der Waals surface area contributed by atoms with Gasteiger partial charge in [0.2, 0.25) is 0 Å². The monoisotopic (exact) mass is 176 g/mol. The minimum Gasteiger partial charge on any atom is -0.411 e. The van der Waals surface area contributed by atoms with Crippen LogP contribution in [0.1, 0.15) is 25.0 Å². The van der Waals surface area contributed by atoms with E-state index in [1.54, 1.807) is 19.3 Å². The highest BCUT2D eigenvalue weighted by molar-refractivity contribution is 5.98. The van der Waals surface area contributed by atoms with Gasteiger partial charge in [0, 0.05) is 18.0 Å². The van der Waals surface area contributed by atoms with Gasteiger partial charge in [-0.05, 0) is 31.1 Å². The Bertz CT molecular complexity index is 356. The highest BCUT2D eigenvalue weighted by Crippen LogP contribution is 2.11. The molecule has 0 saturated heterocycles. The fraction of sp³-hybridized carbons (Fsp3) is 0.200. The summed E-state index contributed by atoms with van der Waals surface area (Å²) in [5, 5.41) is 11.7. The fourth-order valence-electron chi connectivity index (χ4n) is 0.929. The lowest BCUT2D eigenvalue weighted by Crippen LogP contribution is -1.96. The molecule has 0 aliphatic rings. The third-order valence-corrected chi connectivity index (χ3v) is 1.80. The molecule has 1 aromatic heterocycles. The molecule has 68 valence electrons. The predicted octanol–water partition coefficient (Wildman–Crippen LogP) is 2.31. The lowest BCUT2D eigenvalue weighted by atomic mass is 10.1. The van der Waals surface area contributed by atoms with Crippen molar-refractivity contribution in [2.45, 2.75) is 13.8 Å². The van der Waals surface area contributed by atoms with E-state index in [4.69, 9.17) is 5.21 Å². The molecule has 0 radical (unpaired) electrons. The van der Waals surface area contributed by atoms with Crippen molar-refractivity contribution in [3.63, 3.8) is 0 Å². The van der Waals surface area contributed by atoms with Gasteiger partial charge in [0.15, 0.2) is 0 Å². The molecule has 13 heavy (non-hydrogen) atoms. The molecule has 0 fully saturated rings. The van der Waals surface area contributed by atoms with E-state index in [1.165, 1.54) is 0 Å². The Balaban J connectivity index is 3.13. The average Bonchev–Trinajstić information content (AvgIpc) is 2.17. The maximum absolute atomic E-state index is 8.56. The summed E-state index contributed by atoms with van der Waals surface area (Å²) < 4.78 is 0. The number of allylic oxidation sites excluding steroid dienone is 1. The van der Waals surface area contributed by atoms with Crippen LogP contribution in [0.4, 0.5) is 0 Å². The van der Waals surface area contributed by atoms with Crippen LogP contribution in [-0.2, 0) is 0 Å². The van der Waals surface area contributed by atoms with E-state index in [0.717, 1.165) is 16.7 Å². The van der Waals surface area contributed by atoms with Gasteiger partial charge in [-0.15, -0.1) is 0 Å². The lowest BCUT2D eigenvalue weighted by Gasteiger charge is -2.01. The quantitative estimate of drug-likeness (QED) is 0.427. The SMILES string of the molecule is C=C(C)c1cncc(/C(C)=N/O)c1. The molecule has 0 spiro atoms. The molecule has 0 aliphatic carbocycles. The summed E-state index contributed by atoms with van der Waals surface area (Å²) in [5.41, 5.74) is 3.26. The maximum Gasteiger partial charge on any atom is 0.0852 e. The number of pyridine rings is 1. The van der Waals surface area contributed by atoms with Gasteiger partial charge >= 0.3 is 0 Å². The third kappa shape index (κ3) is 2.15. The highest BCUT2D eigenvalue weighted by Gasteiger charge is 2.00. The van der Waals surface area contributed by atoms with E-state index >= 15 is 0 Å². The Morgan fingerprint density at radius 2 is 2.00 bits per heavy atom. The van der Waals surface area contributed by atoms with Crippen LogP contribution in [0.5, 0.6) is 0 Å². The molecule has 1 rings (SSSR count). The van der Waals surface area contributed by atoms with Crippen molar-refractivity contribution in [1.29, 1.82) is 0 Å². The second-order valence-corrected chi connectivity index (χ2v) is 2.93. The minimum atomic E-state index is 0.551. The van der Waals surface area contributed by atoms with Crippen LogP contribution in [0.2, 0.25) is 0 Å². The zero-order valence-corrected chi connectivity index (χ0v) is 7.78. The van der Waals surface area contributed by atoms with Gasteiger partial charge in [0.05, 0.1) is 5.71 Å². The van der Waals surface area contributed by atoms with Crippen molar-refractivity contribution in [1.82, 2.24) is 4.98 Å². The van der Waals surface area contributed by atoms with Gasteiger partial charge in [-0.3, -0.25) is 4.98 Å². The summed E-state index contributed by atoms with van der Waals surface area (Å²) >= 11 is 0. The van der Waals surface area contributed by atoms with Crippen molar-refractivity contribution < 1.29 is 5.21 Å². The second-order valence-electron chi connectivity index (χ2n) is 2.93. The summed E-state index contributed by atoms with van der Waals surface area (Å²) in [4.78, 5) is 4.02. The highest BCUT2D eigenvalue weighted by atomic mass is 16.4. The van der Waals surface area contributed by atoms with Crippen molar-refractivity contribution in [3.05, 3.63) is 36.2 Å². The summed E-state index contributed by atoms with van der Waals surface area (Å²) in [7, 11) is 0. The normalized spacial score (nSPS) is 11.4. The molecule has 0 bridgehead atoms. The van der Waals surface area contributed by atoms with Gasteiger partial charge < -0.3 is 5.21 Å². The first-order valence-corrected chi connectivity index (χ1v) is 3.95. The molecule has 3 heteroatoms. The van der Waals surface area contributed by atoms with Gasteiger partial charge in [-0.2, -0.15) is 0 Å². The average molecular weight is 176 g/mol. The van der Waals surface area contributed by atoms with E-state index in [0.29, 0.717) is 5.71 Å². The number of hydrogen-bond donors (Lipinski definition) is 1. The van der Waals surface area contributed by atoms with Crippen LogP contribution >= 0.6 is 0 Å². The zero-order valence-electron chi connectivity index (χ0n) is 7.78. The second kappa shape index (κ2) is 3.85. The van der Waals surface area contributed by atoms with Crippen LogP contribution in [0.3, 0.4) is 0 Å². The van der Waals surface area contributed by atoms with Crippen LogP contribution in [-0.4, -0.2) is 15.9 Å². The molecule has 1 N–H and O–H groups in total. The molecule has 0 aromatic carbocycles. The lowest BCUT2D eigenvalue weighted by molar-refractivity contribution is 0.319. The van der Waals surface area contributed by atoms with E-state index in [9.17, 15) is 0 Å². The van der Waals surface area contributed by atoms with Gasteiger partial charge in [0.1, 0.15) is 0 Å². The van der Waals surface area contributed by atoms with Crippen molar-refractivity contribution in [2.24, 2.45) is 5.16 Å². The smallest absolute Gasteiger partial charge is 0.0852 e. The Morgan fingerprint density at radius 1 is 1.38 bits per heavy atom. The summed E-state index contributed by atoms with van der Waals surface area (Å²) in [6.45, 7) is 7.44. The van der Waals surface area contributed by atoms with Crippen LogP contribution < -0.4 is 0 Å². The van der Waals surface area contributed by atoms with E-state index in [1.807, 2.05) is 13.0 Å². The Labute approximate surface area is 77.4 Å². The van der Waals surface area contributed by atoms with Crippen molar-refractivity contribution in [2.75, 3.05) is 0 Å². The van der Waals surface area contributed by atoms with Gasteiger partial charge in [-0.25, -0.2) is 0 Å². The fourth-order valence-corrected chi connectivity index (χ4v) is 0.929. The maximum atomic E-state index is 8.56. The number of hydrogen-bond acceptors (Lipinski definition) is 3. The molecule has 1 aromatic rings. The molecule has 0 saturated carbocycles. The number of rotatable bonds is 2. The standard InChI is InChI=1S/C10H12N2O/c1-7(2)9-4-10(6-11-5-9)8(3)12-13/h4-6,13H,1H2,2-3H3/b12-8+. The Kier molecular flexibility index (Phi) is 2.80. The molecule has 0 unspecified atom stereocenters. The molecule has 0 aliphatic heterocycles. The van der Waals surface area contributed by atoms with Crippen LogP contribution in [0.25, 0.3) is 5.57 Å². The van der Waals surface area contributed by atoms with Crippen LogP contribution in [0.15, 0.2) is 30.2 Å². The van der Waals surface area contributed by atoms with Gasteiger partial charge in [0.25, 0.3) is 0 Å². The Hall–Kier alpha value is -1.64. The first-order chi connectivity index (χ1) is 6.15. The number of oxime groups is 1. The minimum absolute atomic E-state index is 0.551.